The van der Waals surface area contributed by atoms with E-state index in [-0.39, 0.29) is 19.2 Å². The van der Waals surface area contributed by atoms with Crippen LogP contribution in [0.4, 0.5) is 11.4 Å². The Bertz CT molecular complexity index is 601. The molecular formula is C12H16B10N2. The molecule has 3 rings (SSSR count). The van der Waals surface area contributed by atoms with Crippen LogP contribution in [0.15, 0.2) is 24.3 Å². The summed E-state index contributed by atoms with van der Waals surface area (Å²) in [4.78, 5) is 4.76. The number of anilines is 2. The molecule has 2 nitrogen and oxygen atoms in total. The van der Waals surface area contributed by atoms with Gasteiger partial charge in [0.25, 0.3) is 0 Å². The zero-order chi connectivity index (χ0) is 17.8. The molecule has 2 aliphatic heterocycles. The van der Waals surface area contributed by atoms with Crippen molar-refractivity contribution in [2.75, 3.05) is 16.8 Å². The smallest absolute Gasteiger partial charge is 0.123 e. The molecule has 2 heterocycles. The summed E-state index contributed by atoms with van der Waals surface area (Å²) in [7, 11) is 32.1. The van der Waals surface area contributed by atoms with Crippen molar-refractivity contribution in [3.05, 3.63) is 24.3 Å². The number of benzene rings is 1. The third-order valence-corrected chi connectivity index (χ3v) is 6.00. The van der Waals surface area contributed by atoms with Gasteiger partial charge in [0.2, 0.25) is 0 Å². The van der Waals surface area contributed by atoms with Gasteiger partial charge >= 0.3 is 0 Å². The topological polar surface area (TPSA) is 6.48 Å². The Morgan fingerprint density at radius 2 is 1.54 bits per heavy atom. The van der Waals surface area contributed by atoms with Crippen LogP contribution in [0.2, 0.25) is 5.82 Å². The predicted octanol–water partition coefficient (Wildman–Crippen LogP) is -1.29. The quantitative estimate of drug-likeness (QED) is 0.624. The second-order valence-corrected chi connectivity index (χ2v) is 7.38. The first-order valence-corrected chi connectivity index (χ1v) is 8.65. The molecule has 0 amide bonds. The van der Waals surface area contributed by atoms with Crippen molar-refractivity contribution in [3.63, 3.8) is 0 Å². The summed E-state index contributed by atoms with van der Waals surface area (Å²) in [6, 6.07) is 8.47. The fraction of sp³-hybridized carbons (Fsp3) is 0.500. The van der Waals surface area contributed by atoms with Crippen molar-refractivity contribution in [1.82, 2.24) is 0 Å². The van der Waals surface area contributed by atoms with Crippen LogP contribution in [0, 0.1) is 0 Å². The van der Waals surface area contributed by atoms with Crippen LogP contribution in [-0.2, 0) is 0 Å². The van der Waals surface area contributed by atoms with Crippen molar-refractivity contribution in [2.45, 2.75) is 31.8 Å². The summed E-state index contributed by atoms with van der Waals surface area (Å²) in [6.45, 7) is 4.73. The molecule has 1 saturated heterocycles. The van der Waals surface area contributed by atoms with Gasteiger partial charge in [0.05, 0.1) is 17.5 Å². The molecule has 24 heavy (non-hydrogen) atoms. The lowest BCUT2D eigenvalue weighted by Gasteiger charge is -2.31. The average Bonchev–Trinajstić information content (AvgIpc) is 3.09. The first kappa shape index (κ1) is 18.3. The molecule has 2 aliphatic rings. The maximum absolute atomic E-state index is 6.24. The van der Waals surface area contributed by atoms with Gasteiger partial charge in [-0.25, -0.2) is 0 Å². The summed E-state index contributed by atoms with van der Waals surface area (Å²) < 4.78 is 0. The molecule has 0 aromatic heterocycles. The lowest BCUT2D eigenvalue weighted by molar-refractivity contribution is 0.654. The number of fused-ring (bicyclic) bond motifs is 1. The van der Waals surface area contributed by atoms with E-state index in [1.54, 1.807) is 0 Å². The Hall–Kier alpha value is -0.531. The summed E-state index contributed by atoms with van der Waals surface area (Å²) in [5.74, 6) is 0.784. The van der Waals surface area contributed by atoms with Crippen molar-refractivity contribution in [3.8, 4) is 0 Å². The van der Waals surface area contributed by atoms with E-state index in [0.717, 1.165) is 0 Å². The molecule has 0 N–H and O–H groups in total. The second kappa shape index (κ2) is 6.65. The van der Waals surface area contributed by atoms with Gasteiger partial charge in [0.15, 0.2) is 0 Å². The summed E-state index contributed by atoms with van der Waals surface area (Å²) >= 11 is 0. The van der Waals surface area contributed by atoms with Crippen molar-refractivity contribution in [2.24, 2.45) is 0 Å². The van der Waals surface area contributed by atoms with Gasteiger partial charge in [-0.15, -0.1) is 0 Å². The Balaban J connectivity index is 1.89. The van der Waals surface area contributed by atoms with Crippen LogP contribution in [0.5, 0.6) is 0 Å². The Morgan fingerprint density at radius 3 is 2.08 bits per heavy atom. The van der Waals surface area contributed by atoms with Gasteiger partial charge in [0.1, 0.15) is 6.60 Å². The minimum absolute atomic E-state index is 0.102. The highest BCUT2D eigenvalue weighted by Gasteiger charge is 2.60. The van der Waals surface area contributed by atoms with Crippen molar-refractivity contribution in [1.29, 1.82) is 0 Å². The fourth-order valence-corrected chi connectivity index (χ4v) is 4.49. The average molecular weight is 296 g/mol. The molecule has 2 unspecified atom stereocenters. The lowest BCUT2D eigenvalue weighted by atomic mass is 8.57. The highest BCUT2D eigenvalue weighted by atomic mass is 15.4. The largest absolute Gasteiger partial charge is 0.356 e. The Labute approximate surface area is 155 Å². The number of hydrogen-bond acceptors (Lipinski definition) is 2. The maximum Gasteiger partial charge on any atom is 0.123 e. The lowest BCUT2D eigenvalue weighted by Crippen LogP contribution is -2.65. The Kier molecular flexibility index (Phi) is 5.06. The van der Waals surface area contributed by atoms with Gasteiger partial charge in [-0.2, -0.15) is 0 Å². The molecule has 10 radical (unpaired) electrons. The first-order valence-electron chi connectivity index (χ1n) is 8.65. The van der Waals surface area contributed by atoms with Gasteiger partial charge in [-0.3, -0.25) is 0 Å². The van der Waals surface area contributed by atoms with Crippen LogP contribution >= 0.6 is 0 Å². The molecule has 0 aliphatic carbocycles. The van der Waals surface area contributed by atoms with Crippen molar-refractivity contribution >= 4 is 82.2 Å². The summed E-state index contributed by atoms with van der Waals surface area (Å²) in [6.07, 6.45) is -1.39. The van der Waals surface area contributed by atoms with Crippen LogP contribution < -0.4 is 9.80 Å². The first-order chi connectivity index (χ1) is 11.3. The number of para-hydroxylation sites is 2. The summed E-state index contributed by atoms with van der Waals surface area (Å²) in [5, 5.41) is 0. The van der Waals surface area contributed by atoms with Gasteiger partial charge in [0, 0.05) is 71.3 Å². The molecule has 12 heteroatoms. The van der Waals surface area contributed by atoms with E-state index in [0.29, 0.717) is 11.8 Å². The van der Waals surface area contributed by atoms with Crippen LogP contribution in [0.1, 0.15) is 13.8 Å². The number of hydrogen-bond donors (Lipinski definition) is 0. The van der Waals surface area contributed by atoms with Crippen LogP contribution in [-0.4, -0.2) is 90.0 Å². The SMILES string of the molecule is [B]B([B])B([B])B(B([B])[B])B1C(C)C1N1c2ccccc2N(C)[C@@H]1C. The second-order valence-electron chi connectivity index (χ2n) is 7.38. The highest BCUT2D eigenvalue weighted by Crippen LogP contribution is 2.50. The highest BCUT2D eigenvalue weighted by molar-refractivity contribution is 8.01. The van der Waals surface area contributed by atoms with Gasteiger partial charge in [-0.05, 0) is 25.0 Å². The normalized spacial score (nSPS) is 24.6. The summed E-state index contributed by atoms with van der Waals surface area (Å²) in [5.41, 5.74) is 2.50. The number of nitrogens with zero attached hydrogens (tertiary/aromatic N) is 2. The third kappa shape index (κ3) is 2.82. The number of rotatable bonds is 5. The zero-order valence-electron chi connectivity index (χ0n) is 14.7. The monoisotopic (exact) mass is 298 g/mol. The molecule has 3 atom stereocenters. The van der Waals surface area contributed by atoms with Crippen LogP contribution in [0.3, 0.4) is 0 Å². The zero-order valence-corrected chi connectivity index (χ0v) is 14.7. The van der Waals surface area contributed by atoms with E-state index >= 15 is 0 Å². The van der Waals surface area contributed by atoms with E-state index < -0.39 is 19.2 Å². The molecule has 104 valence electrons. The standard InChI is InChI=1S/C12H16B10N2/c1-8-12(18(8)22(20(15)16)21(17)19(13)14)24-9(2)23(3)10-6-4-5-7-11(10)24/h4-9,12H,1-3H3/t8?,9-,12?/m0/s1. The van der Waals surface area contributed by atoms with E-state index in [2.05, 4.69) is 55.0 Å². The molecular weight excluding hydrogens is 280 g/mol. The molecule has 0 spiro atoms. The van der Waals surface area contributed by atoms with E-state index in [1.165, 1.54) is 11.4 Å². The third-order valence-electron chi connectivity index (χ3n) is 6.00. The van der Waals surface area contributed by atoms with Gasteiger partial charge in [-0.1, -0.05) is 24.9 Å². The maximum atomic E-state index is 6.24. The molecule has 0 bridgehead atoms. The molecule has 1 aromatic carbocycles. The van der Waals surface area contributed by atoms with E-state index in [1.807, 2.05) is 0 Å². The molecule has 1 aromatic rings. The van der Waals surface area contributed by atoms with E-state index in [9.17, 15) is 0 Å². The van der Waals surface area contributed by atoms with E-state index in [4.69, 9.17) is 38.7 Å². The van der Waals surface area contributed by atoms with Crippen molar-refractivity contribution < 1.29 is 0 Å². The minimum atomic E-state index is -0.621. The Morgan fingerprint density at radius 1 is 0.958 bits per heavy atom. The van der Waals surface area contributed by atoms with Crippen LogP contribution in [0.25, 0.3) is 0 Å². The fourth-order valence-electron chi connectivity index (χ4n) is 4.49. The molecule has 0 saturated carbocycles. The minimum Gasteiger partial charge on any atom is -0.356 e. The molecule has 1 fully saturated rings. The van der Waals surface area contributed by atoms with Gasteiger partial charge < -0.3 is 9.80 Å². The predicted molar refractivity (Wildman–Crippen MR) is 118 cm³/mol.